The Kier molecular flexibility index (Phi) is 18.5. The second-order valence-electron chi connectivity index (χ2n) is 13.7. The normalized spacial score (nSPS) is 12.5. The van der Waals surface area contributed by atoms with E-state index >= 15 is 0 Å². The zero-order valence-corrected chi connectivity index (χ0v) is 33.5. The average Bonchev–Trinajstić information content (AvgIpc) is 2.93. The lowest BCUT2D eigenvalue weighted by Crippen LogP contribution is -2.37. The van der Waals surface area contributed by atoms with E-state index in [0.29, 0.717) is 6.42 Å². The molecular weight excluding hydrogens is 720 g/mol. The van der Waals surface area contributed by atoms with E-state index in [1.807, 2.05) is 19.9 Å². The number of carbonyl (C=O) groups excluding carboxylic acids is 2. The number of rotatable bonds is 12. The molecule has 2 aromatic carbocycles. The maximum Gasteiger partial charge on any atom is 0.322 e. The number of aliphatic hydroxyl groups excluding tert-OH is 2. The quantitative estimate of drug-likeness (QED) is 0.135. The highest BCUT2D eigenvalue weighted by atomic mass is 79.9. The number of carbonyl (C=O) groups is 2. The second kappa shape index (κ2) is 19.2. The lowest BCUT2D eigenvalue weighted by atomic mass is 9.86. The average molecular weight is 775 g/mol. The Labute approximate surface area is 284 Å². The van der Waals surface area contributed by atoms with Crippen molar-refractivity contribution in [3.63, 3.8) is 0 Å². The highest BCUT2D eigenvalue weighted by Gasteiger charge is 2.32. The minimum atomic E-state index is -1.28. The first kappa shape index (κ1) is 42.4. The topological polar surface area (TPSA) is 93.1 Å². The van der Waals surface area contributed by atoms with Crippen molar-refractivity contribution in [3.05, 3.63) is 66.2 Å². The van der Waals surface area contributed by atoms with Crippen molar-refractivity contribution in [1.29, 1.82) is 0 Å². The molecule has 0 spiro atoms. The van der Waals surface area contributed by atoms with Gasteiger partial charge in [0.15, 0.2) is 0 Å². The maximum atomic E-state index is 12.0. The zero-order chi connectivity index (χ0) is 34.4. The van der Waals surface area contributed by atoms with E-state index in [2.05, 4.69) is 131 Å². The van der Waals surface area contributed by atoms with Gasteiger partial charge in [0.2, 0.25) is 0 Å². The molecule has 0 aromatic heterocycles. The van der Waals surface area contributed by atoms with Gasteiger partial charge in [0.05, 0.1) is 34.8 Å². The van der Waals surface area contributed by atoms with Crippen LogP contribution in [0.1, 0.15) is 50.1 Å². The molecule has 0 bridgehead atoms. The van der Waals surface area contributed by atoms with Crippen LogP contribution in [0.25, 0.3) is 6.08 Å². The fourth-order valence-electron chi connectivity index (χ4n) is 3.60. The minimum absolute atomic E-state index is 0.0557. The van der Waals surface area contributed by atoms with Crippen LogP contribution in [0.15, 0.2) is 55.1 Å². The van der Waals surface area contributed by atoms with Gasteiger partial charge >= 0.3 is 11.9 Å². The number of hydrogen-bond donors (Lipinski definition) is 2. The van der Waals surface area contributed by atoms with E-state index in [1.165, 1.54) is 21.5 Å². The van der Waals surface area contributed by atoms with Gasteiger partial charge in [-0.15, -0.1) is 0 Å². The Morgan fingerprint density at radius 2 is 1.18 bits per heavy atom. The summed E-state index contributed by atoms with van der Waals surface area (Å²) in [5, 5.41) is 20.0. The van der Waals surface area contributed by atoms with Gasteiger partial charge in [-0.05, 0) is 45.2 Å². The second-order valence-corrected chi connectivity index (χ2v) is 26.9. The number of esters is 2. The van der Waals surface area contributed by atoms with Crippen LogP contribution in [-0.4, -0.2) is 69.1 Å². The SMILES string of the molecule is C=Cc1ccc([Si](C)(C)C)cc1.CC(C)(Br)C(=O)OCCO.CC(C)(CC(Br)c1ccc([Si](C)(C)C)cc1)C(=O)OCCO. The number of benzene rings is 2. The van der Waals surface area contributed by atoms with Crippen LogP contribution < -0.4 is 10.4 Å². The number of hydrogen-bond acceptors (Lipinski definition) is 6. The number of aliphatic hydroxyl groups is 2. The molecule has 1 atom stereocenters. The van der Waals surface area contributed by atoms with Crippen LogP contribution in [-0.2, 0) is 19.1 Å². The summed E-state index contributed by atoms with van der Waals surface area (Å²) in [6, 6.07) is 17.4. The molecule has 0 aliphatic rings. The largest absolute Gasteiger partial charge is 0.463 e. The van der Waals surface area contributed by atoms with Crippen LogP contribution in [0.3, 0.4) is 0 Å². The molecule has 2 rings (SSSR count). The summed E-state index contributed by atoms with van der Waals surface area (Å²) in [4.78, 5) is 23.0. The van der Waals surface area contributed by atoms with Gasteiger partial charge < -0.3 is 19.7 Å². The molecule has 0 amide bonds. The smallest absolute Gasteiger partial charge is 0.322 e. The Hall–Kier alpha value is -1.57. The zero-order valence-electron chi connectivity index (χ0n) is 28.3. The van der Waals surface area contributed by atoms with Crippen molar-refractivity contribution in [3.8, 4) is 0 Å². The fourth-order valence-corrected chi connectivity index (χ4v) is 7.17. The third kappa shape index (κ3) is 16.7. The first-order valence-electron chi connectivity index (χ1n) is 14.8. The molecular formula is C34H54Br2O6Si2. The van der Waals surface area contributed by atoms with E-state index in [1.54, 1.807) is 13.8 Å². The molecule has 10 heteroatoms. The van der Waals surface area contributed by atoms with Gasteiger partial charge in [0.1, 0.15) is 17.5 Å². The molecule has 6 nitrogen and oxygen atoms in total. The van der Waals surface area contributed by atoms with Gasteiger partial charge in [0, 0.05) is 4.83 Å². The van der Waals surface area contributed by atoms with E-state index in [9.17, 15) is 9.59 Å². The van der Waals surface area contributed by atoms with Crippen molar-refractivity contribution in [1.82, 2.24) is 0 Å². The molecule has 1 unspecified atom stereocenters. The van der Waals surface area contributed by atoms with E-state index in [4.69, 9.17) is 14.9 Å². The highest BCUT2D eigenvalue weighted by Crippen LogP contribution is 2.36. The van der Waals surface area contributed by atoms with Gasteiger partial charge in [0.25, 0.3) is 0 Å². The van der Waals surface area contributed by atoms with E-state index < -0.39 is 25.9 Å². The monoisotopic (exact) mass is 772 g/mol. The van der Waals surface area contributed by atoms with Crippen LogP contribution in [0.2, 0.25) is 39.3 Å². The molecule has 0 radical (unpaired) electrons. The summed E-state index contributed by atoms with van der Waals surface area (Å²) in [6.07, 6.45) is 2.53. The predicted molar refractivity (Wildman–Crippen MR) is 198 cm³/mol. The third-order valence-corrected chi connectivity index (χ3v) is 11.8. The molecule has 0 saturated heterocycles. The highest BCUT2D eigenvalue weighted by molar-refractivity contribution is 9.10. The van der Waals surface area contributed by atoms with Crippen LogP contribution in [0, 0.1) is 5.41 Å². The van der Waals surface area contributed by atoms with E-state index in [-0.39, 0.29) is 43.2 Å². The summed E-state index contributed by atoms with van der Waals surface area (Å²) in [7, 11) is -2.39. The summed E-state index contributed by atoms with van der Waals surface area (Å²) in [5.41, 5.74) is 1.78. The molecule has 0 aliphatic carbocycles. The van der Waals surface area contributed by atoms with Crippen LogP contribution >= 0.6 is 31.9 Å². The molecule has 44 heavy (non-hydrogen) atoms. The van der Waals surface area contributed by atoms with E-state index in [0.717, 1.165) is 0 Å². The van der Waals surface area contributed by atoms with Crippen molar-refractivity contribution in [2.24, 2.45) is 5.41 Å². The number of ether oxygens (including phenoxy) is 2. The Bertz CT molecular complexity index is 1150. The van der Waals surface area contributed by atoms with Gasteiger partial charge in [-0.2, -0.15) is 0 Å². The van der Waals surface area contributed by atoms with Crippen molar-refractivity contribution in [2.75, 3.05) is 26.4 Å². The Morgan fingerprint density at radius 3 is 1.52 bits per heavy atom. The lowest BCUT2D eigenvalue weighted by molar-refractivity contribution is -0.155. The summed E-state index contributed by atoms with van der Waals surface area (Å²) in [6.45, 7) is 24.8. The van der Waals surface area contributed by atoms with Crippen molar-refractivity contribution in [2.45, 2.75) is 82.5 Å². The van der Waals surface area contributed by atoms with Crippen LogP contribution in [0.4, 0.5) is 0 Å². The lowest BCUT2D eigenvalue weighted by Gasteiger charge is -2.25. The molecule has 0 fully saturated rings. The molecule has 2 N–H and O–H groups in total. The summed E-state index contributed by atoms with van der Waals surface area (Å²) in [5.74, 6) is -0.633. The third-order valence-electron chi connectivity index (χ3n) is 6.53. The van der Waals surface area contributed by atoms with Crippen LogP contribution in [0.5, 0.6) is 0 Å². The minimum Gasteiger partial charge on any atom is -0.463 e. The van der Waals surface area contributed by atoms with Gasteiger partial charge in [-0.25, -0.2) is 0 Å². The fraction of sp³-hybridized carbons (Fsp3) is 0.529. The van der Waals surface area contributed by atoms with Gasteiger partial charge in [-0.1, -0.05) is 143 Å². The molecule has 0 saturated carbocycles. The Balaban J connectivity index is 0.000000705. The molecule has 0 aliphatic heterocycles. The Morgan fingerprint density at radius 1 is 0.795 bits per heavy atom. The molecule has 0 heterocycles. The predicted octanol–water partition coefficient (Wildman–Crippen LogP) is 7.19. The number of halogens is 2. The van der Waals surface area contributed by atoms with Crippen molar-refractivity contribution < 1.29 is 29.3 Å². The molecule has 248 valence electrons. The summed E-state index contributed by atoms with van der Waals surface area (Å²) >= 11 is 6.81. The van der Waals surface area contributed by atoms with Gasteiger partial charge in [-0.3, -0.25) is 9.59 Å². The number of alkyl halides is 2. The first-order chi connectivity index (χ1) is 20.1. The first-order valence-corrected chi connectivity index (χ1v) is 23.5. The summed E-state index contributed by atoms with van der Waals surface area (Å²) < 4.78 is 9.02. The van der Waals surface area contributed by atoms with Crippen molar-refractivity contribution >= 4 is 76.4 Å². The standard InChI is InChI=1S/C17H27BrO3Si.C11H16Si.C6H11BrO3/c1-17(2,16(20)21-11-10-19)12-15(18)13-6-8-14(9-7-13)22(3,4)5;1-5-10-6-8-11(9-7-10)12(2,3)4;1-6(2,7)5(9)10-4-3-8/h6-9,15,19H,10-12H2,1-5H3;5-9H,1H2,2-4H3;8H,3-4H2,1-2H3. The molecule has 2 aromatic rings. The maximum absolute atomic E-state index is 12.0.